The molecule has 3 N–H and O–H groups in total. The lowest BCUT2D eigenvalue weighted by Crippen LogP contribution is -2.60. The summed E-state index contributed by atoms with van der Waals surface area (Å²) in [5, 5.41) is 12.1. The Bertz CT molecular complexity index is 1090. The van der Waals surface area contributed by atoms with Gasteiger partial charge >= 0.3 is 12.1 Å². The molecular weight excluding hydrogens is 574 g/mol. The van der Waals surface area contributed by atoms with Crippen LogP contribution in [0.3, 0.4) is 0 Å². The number of hydrogen-bond donors (Lipinski definition) is 2. The first-order valence-electron chi connectivity index (χ1n) is 15.6. The molecular formula is C31H53N3O10. The minimum Gasteiger partial charge on any atom is -0.458 e. The second-order valence-electron chi connectivity index (χ2n) is 13.6. The number of nitrogens with zero attached hydrogens (tertiary/aromatic N) is 2. The summed E-state index contributed by atoms with van der Waals surface area (Å²) < 4.78 is 30.1. The van der Waals surface area contributed by atoms with Crippen LogP contribution in [0.2, 0.25) is 0 Å². The topological polar surface area (TPSA) is 167 Å². The first-order chi connectivity index (χ1) is 20.3. The van der Waals surface area contributed by atoms with E-state index in [0.29, 0.717) is 6.42 Å². The average molecular weight is 628 g/mol. The van der Waals surface area contributed by atoms with Crippen molar-refractivity contribution in [3.8, 4) is 0 Å². The zero-order valence-electron chi connectivity index (χ0n) is 28.1. The molecule has 3 saturated heterocycles. The van der Waals surface area contributed by atoms with Gasteiger partial charge in [-0.25, -0.2) is 15.6 Å². The number of rotatable bonds is 5. The quantitative estimate of drug-likeness (QED) is 0.197. The van der Waals surface area contributed by atoms with Crippen molar-refractivity contribution in [2.24, 2.45) is 29.5 Å². The highest BCUT2D eigenvalue weighted by molar-refractivity contribution is 6.00. The molecule has 3 heterocycles. The fourth-order valence-electron chi connectivity index (χ4n) is 7.41. The zero-order chi connectivity index (χ0) is 33.5. The first kappa shape index (κ1) is 36.3. The van der Waals surface area contributed by atoms with Gasteiger partial charge in [-0.15, -0.1) is 0 Å². The van der Waals surface area contributed by atoms with Crippen molar-refractivity contribution in [1.82, 2.24) is 9.91 Å². The van der Waals surface area contributed by atoms with E-state index >= 15 is 0 Å². The maximum atomic E-state index is 14.0. The molecule has 4 unspecified atom stereocenters. The molecule has 13 heteroatoms. The first-order valence-corrected chi connectivity index (χ1v) is 15.6. The number of aliphatic hydroxyl groups excluding tert-OH is 1. The number of likely N-dealkylation sites (N-methyl/N-ethyl adjacent to an activating group) is 1. The van der Waals surface area contributed by atoms with Gasteiger partial charge in [-0.3, -0.25) is 14.4 Å². The highest BCUT2D eigenvalue weighted by Crippen LogP contribution is 2.42. The Hall–Kier alpha value is -2.16. The van der Waals surface area contributed by atoms with E-state index in [1.54, 1.807) is 41.5 Å². The number of esters is 1. The minimum absolute atomic E-state index is 0.114. The fourth-order valence-corrected chi connectivity index (χ4v) is 7.41. The average Bonchev–Trinajstić information content (AvgIpc) is 3.20. The van der Waals surface area contributed by atoms with E-state index in [1.165, 1.54) is 14.0 Å². The van der Waals surface area contributed by atoms with E-state index in [0.717, 1.165) is 5.01 Å². The number of nitrogens with two attached hydrogens (primary N) is 1. The Morgan fingerprint density at radius 1 is 1.05 bits per heavy atom. The van der Waals surface area contributed by atoms with Gasteiger partial charge < -0.3 is 33.7 Å². The maximum absolute atomic E-state index is 14.0. The standard InChI is InChI=1S/C31H53N3O10/c1-12-21-31(8)25(34(32)29(39)44-31)17(4)22(35)15(2)14-30(7,40-11)26(18(5)23(36)19(6)27(38)42-21)43-28-24(37)20(33(9)10)13-16(3)41-28/h15-21,24-26,28,37H,12-14,32H2,1-11H3/t15-,16?,17+,18+,19-,20?,21-,24?,25-,26-,28?,30+,31-/m1/s1. The summed E-state index contributed by atoms with van der Waals surface area (Å²) in [5.74, 6) is 1.03. The van der Waals surface area contributed by atoms with Crippen molar-refractivity contribution >= 4 is 23.6 Å². The van der Waals surface area contributed by atoms with Crippen LogP contribution in [-0.4, -0.2) is 114 Å². The monoisotopic (exact) mass is 627 g/mol. The maximum Gasteiger partial charge on any atom is 0.425 e. The molecule has 13 atom stereocenters. The number of cyclic esters (lactones) is 1. The Morgan fingerprint density at radius 2 is 1.66 bits per heavy atom. The molecule has 0 aliphatic carbocycles. The molecule has 0 radical (unpaired) electrons. The van der Waals surface area contributed by atoms with E-state index < -0.39 is 83.4 Å². The molecule has 0 aromatic carbocycles. The van der Waals surface area contributed by atoms with Crippen molar-refractivity contribution in [3.63, 3.8) is 0 Å². The molecule has 3 rings (SSSR count). The molecule has 3 fully saturated rings. The molecule has 13 nitrogen and oxygen atoms in total. The van der Waals surface area contributed by atoms with Gasteiger partial charge in [0.1, 0.15) is 30.0 Å². The van der Waals surface area contributed by atoms with Crippen LogP contribution in [0, 0.1) is 23.7 Å². The van der Waals surface area contributed by atoms with Crippen LogP contribution in [0.15, 0.2) is 0 Å². The smallest absolute Gasteiger partial charge is 0.425 e. The normalized spacial score (nSPS) is 44.7. The molecule has 44 heavy (non-hydrogen) atoms. The molecule has 1 amide bonds. The molecule has 3 aliphatic rings. The number of carbonyl (C=O) groups is 4. The van der Waals surface area contributed by atoms with Crippen molar-refractivity contribution in [2.75, 3.05) is 21.2 Å². The fraction of sp³-hybridized carbons (Fsp3) is 0.871. The lowest BCUT2D eigenvalue weighted by molar-refractivity contribution is -0.295. The lowest BCUT2D eigenvalue weighted by atomic mass is 9.73. The van der Waals surface area contributed by atoms with Crippen LogP contribution in [0.25, 0.3) is 0 Å². The van der Waals surface area contributed by atoms with Gasteiger partial charge in [0, 0.05) is 30.9 Å². The summed E-state index contributed by atoms with van der Waals surface area (Å²) in [6.07, 6.45) is -4.33. The van der Waals surface area contributed by atoms with Crippen LogP contribution in [0.1, 0.15) is 74.7 Å². The third-order valence-electron chi connectivity index (χ3n) is 10.1. The number of ketones is 2. The van der Waals surface area contributed by atoms with Gasteiger partial charge in [-0.2, -0.15) is 0 Å². The Morgan fingerprint density at radius 3 is 2.20 bits per heavy atom. The second kappa shape index (κ2) is 13.7. The van der Waals surface area contributed by atoms with Gasteiger partial charge in [0.15, 0.2) is 17.7 Å². The number of fused-ring (bicyclic) bond motifs is 1. The third kappa shape index (κ3) is 6.68. The van der Waals surface area contributed by atoms with Gasteiger partial charge in [0.2, 0.25) is 0 Å². The number of carbonyl (C=O) groups excluding carboxylic acids is 4. The number of amides is 1. The van der Waals surface area contributed by atoms with E-state index in [1.807, 2.05) is 25.9 Å². The van der Waals surface area contributed by atoms with Gasteiger partial charge in [-0.05, 0) is 61.1 Å². The molecule has 0 bridgehead atoms. The van der Waals surface area contributed by atoms with Crippen LogP contribution < -0.4 is 5.84 Å². The molecule has 0 spiro atoms. The zero-order valence-corrected chi connectivity index (χ0v) is 28.1. The number of hydrazine groups is 1. The predicted molar refractivity (Wildman–Crippen MR) is 159 cm³/mol. The Labute approximate surface area is 261 Å². The van der Waals surface area contributed by atoms with Crippen LogP contribution >= 0.6 is 0 Å². The summed E-state index contributed by atoms with van der Waals surface area (Å²) >= 11 is 0. The number of aliphatic hydroxyl groups is 1. The van der Waals surface area contributed by atoms with E-state index in [4.69, 9.17) is 29.5 Å². The van der Waals surface area contributed by atoms with E-state index in [9.17, 15) is 24.3 Å². The van der Waals surface area contributed by atoms with Crippen LogP contribution in [0.5, 0.6) is 0 Å². The SMILES string of the molecule is CC[C@H]1OC(=O)[C@H](C)C(=O)[C@H](C)[C@@H](OC2OC(C)CC(N(C)C)C2O)[C@@](C)(OC)C[C@@H](C)C(=O)[C@H](C)[C@H]2N(N)C(=O)O[C@]12C. The van der Waals surface area contributed by atoms with Crippen LogP contribution in [-0.2, 0) is 38.1 Å². The molecule has 252 valence electrons. The van der Waals surface area contributed by atoms with Crippen molar-refractivity contribution in [1.29, 1.82) is 0 Å². The lowest BCUT2D eigenvalue weighted by Gasteiger charge is -2.47. The highest BCUT2D eigenvalue weighted by atomic mass is 16.7. The van der Waals surface area contributed by atoms with Crippen molar-refractivity contribution in [3.05, 3.63) is 0 Å². The summed E-state index contributed by atoms with van der Waals surface area (Å²) in [6, 6.07) is -1.22. The van der Waals surface area contributed by atoms with E-state index in [-0.39, 0.29) is 30.8 Å². The van der Waals surface area contributed by atoms with Crippen LogP contribution in [0.4, 0.5) is 4.79 Å². The number of Topliss-reactive ketones (excluding diaryl/α,β-unsaturated/α-hetero) is 2. The molecule has 0 aromatic rings. The summed E-state index contributed by atoms with van der Waals surface area (Å²) in [5.41, 5.74) is -2.71. The minimum atomic E-state index is -1.45. The largest absolute Gasteiger partial charge is 0.458 e. The highest BCUT2D eigenvalue weighted by Gasteiger charge is 2.60. The number of methoxy groups -OCH3 is 1. The molecule has 0 saturated carbocycles. The van der Waals surface area contributed by atoms with Crippen molar-refractivity contribution < 1.29 is 48.0 Å². The number of ether oxygens (including phenoxy) is 5. The third-order valence-corrected chi connectivity index (χ3v) is 10.1. The summed E-state index contributed by atoms with van der Waals surface area (Å²) in [4.78, 5) is 56.1. The Kier molecular flexibility index (Phi) is 11.3. The molecule has 3 aliphatic heterocycles. The predicted octanol–water partition coefficient (Wildman–Crippen LogP) is 2.06. The van der Waals surface area contributed by atoms with Crippen molar-refractivity contribution in [2.45, 2.75) is 129 Å². The second-order valence-corrected chi connectivity index (χ2v) is 13.6. The van der Waals surface area contributed by atoms with Gasteiger partial charge in [-0.1, -0.05) is 27.7 Å². The van der Waals surface area contributed by atoms with E-state index in [2.05, 4.69) is 0 Å². The summed E-state index contributed by atoms with van der Waals surface area (Å²) in [6.45, 7) is 13.5. The number of hydrogen-bond acceptors (Lipinski definition) is 12. The Balaban J connectivity index is 2.11. The van der Waals surface area contributed by atoms with Gasteiger partial charge in [0.25, 0.3) is 0 Å². The molecule has 0 aromatic heterocycles. The summed E-state index contributed by atoms with van der Waals surface area (Å²) in [7, 11) is 5.18. The van der Waals surface area contributed by atoms with Gasteiger partial charge in [0.05, 0.1) is 17.8 Å².